The van der Waals surface area contributed by atoms with Gasteiger partial charge < -0.3 is 24.0 Å². The maximum atomic E-state index is 15.8. The maximum absolute atomic E-state index is 15.8. The Labute approximate surface area is 262 Å². The Morgan fingerprint density at radius 2 is 1.44 bits per heavy atom. The molecule has 0 aliphatic carbocycles. The normalized spacial score (nSPS) is 15.6. The molecule has 2 saturated heterocycles. The number of anilines is 1. The van der Waals surface area contributed by atoms with E-state index in [1.807, 2.05) is 86.3 Å². The highest BCUT2D eigenvalue weighted by Gasteiger charge is 2.50. The highest BCUT2D eigenvalue weighted by Crippen LogP contribution is 2.43. The largest absolute Gasteiger partial charge is 0.473 e. The van der Waals surface area contributed by atoms with Crippen molar-refractivity contribution in [1.29, 1.82) is 0 Å². The fourth-order valence-electron chi connectivity index (χ4n) is 5.89. The number of carbonyl (C=O) groups is 1. The number of pyridine rings is 1. The second kappa shape index (κ2) is 12.4. The predicted molar refractivity (Wildman–Crippen MR) is 168 cm³/mol. The predicted octanol–water partition coefficient (Wildman–Crippen LogP) is 7.63. The van der Waals surface area contributed by atoms with E-state index in [4.69, 9.17) is 14.2 Å². The van der Waals surface area contributed by atoms with Crippen LogP contribution in [0.25, 0.3) is 11.1 Å². The molecule has 234 valence electrons. The lowest BCUT2D eigenvalue weighted by atomic mass is 9.79. The standard InChI is InChI=1S/C36H37F2N3O4/c1-35(2,3)45-34(42)41-23-36(24-41)16-17-40(22-36)27-18-29(37)32(30(38)19-27)28-14-15-31(43-20-25-10-6-4-7-11-25)39-33(28)44-21-26-12-8-5-9-13-26/h4-15,18-19H,16-17,20-24H2,1-3H3. The van der Waals surface area contributed by atoms with Crippen molar-refractivity contribution in [3.05, 3.63) is 108 Å². The van der Waals surface area contributed by atoms with Crippen molar-refractivity contribution in [2.75, 3.05) is 31.1 Å². The van der Waals surface area contributed by atoms with Gasteiger partial charge in [-0.15, -0.1) is 0 Å². The van der Waals surface area contributed by atoms with Gasteiger partial charge in [0, 0.05) is 43.3 Å². The SMILES string of the molecule is CC(C)(C)OC(=O)N1CC2(CCN(c3cc(F)c(-c4ccc(OCc5ccccc5)nc4OCc4ccccc4)c(F)c3)C2)C1. The van der Waals surface area contributed by atoms with Crippen LogP contribution in [0.1, 0.15) is 38.3 Å². The Bertz CT molecular complexity index is 1630. The van der Waals surface area contributed by atoms with E-state index < -0.39 is 17.2 Å². The average Bonchev–Trinajstić information content (AvgIpc) is 3.45. The molecule has 1 spiro atoms. The van der Waals surface area contributed by atoms with Crippen LogP contribution < -0.4 is 14.4 Å². The lowest BCUT2D eigenvalue weighted by molar-refractivity contribution is -0.0266. The zero-order valence-electron chi connectivity index (χ0n) is 25.8. The average molecular weight is 614 g/mol. The first-order valence-electron chi connectivity index (χ1n) is 15.1. The molecule has 2 aliphatic heterocycles. The zero-order chi connectivity index (χ0) is 31.6. The zero-order valence-corrected chi connectivity index (χ0v) is 25.8. The van der Waals surface area contributed by atoms with Crippen LogP contribution in [0.3, 0.4) is 0 Å². The Hall–Kier alpha value is -4.66. The smallest absolute Gasteiger partial charge is 0.410 e. The lowest BCUT2D eigenvalue weighted by Crippen LogP contribution is -2.60. The maximum Gasteiger partial charge on any atom is 0.410 e. The highest BCUT2D eigenvalue weighted by molar-refractivity contribution is 5.73. The molecular formula is C36H37F2N3O4. The number of aromatic nitrogens is 1. The van der Waals surface area contributed by atoms with Gasteiger partial charge in [-0.3, -0.25) is 0 Å². The van der Waals surface area contributed by atoms with Crippen LogP contribution in [0.4, 0.5) is 19.3 Å². The third kappa shape index (κ3) is 7.03. The van der Waals surface area contributed by atoms with Gasteiger partial charge in [-0.05, 0) is 56.5 Å². The third-order valence-electron chi connectivity index (χ3n) is 8.09. The van der Waals surface area contributed by atoms with E-state index in [1.165, 1.54) is 12.1 Å². The molecule has 1 amide bonds. The molecule has 0 N–H and O–H groups in total. The van der Waals surface area contributed by atoms with Gasteiger partial charge in [0.15, 0.2) is 0 Å². The van der Waals surface area contributed by atoms with Gasteiger partial charge in [0.2, 0.25) is 11.8 Å². The number of likely N-dealkylation sites (tertiary alicyclic amines) is 1. The van der Waals surface area contributed by atoms with Gasteiger partial charge in [0.1, 0.15) is 30.4 Å². The van der Waals surface area contributed by atoms with Crippen molar-refractivity contribution in [1.82, 2.24) is 9.88 Å². The lowest BCUT2D eigenvalue weighted by Gasteiger charge is -2.47. The molecule has 3 aromatic carbocycles. The van der Waals surface area contributed by atoms with Gasteiger partial charge in [-0.25, -0.2) is 13.6 Å². The van der Waals surface area contributed by atoms with Crippen molar-refractivity contribution in [3.63, 3.8) is 0 Å². The minimum absolute atomic E-state index is 0.0757. The van der Waals surface area contributed by atoms with Crippen molar-refractivity contribution < 1.29 is 27.8 Å². The molecule has 1 aromatic heterocycles. The molecule has 0 radical (unpaired) electrons. The topological polar surface area (TPSA) is 64.1 Å². The monoisotopic (exact) mass is 613 g/mol. The molecule has 45 heavy (non-hydrogen) atoms. The van der Waals surface area contributed by atoms with E-state index in [1.54, 1.807) is 17.0 Å². The van der Waals surface area contributed by atoms with Crippen molar-refractivity contribution >= 4 is 11.8 Å². The molecule has 0 bridgehead atoms. The molecule has 4 aromatic rings. The first-order valence-corrected chi connectivity index (χ1v) is 15.1. The second-order valence-corrected chi connectivity index (χ2v) is 12.8. The van der Waals surface area contributed by atoms with E-state index in [0.717, 1.165) is 17.5 Å². The second-order valence-electron chi connectivity index (χ2n) is 12.8. The number of halogens is 2. The molecular weight excluding hydrogens is 576 g/mol. The van der Waals surface area contributed by atoms with E-state index in [9.17, 15) is 4.79 Å². The molecule has 0 unspecified atom stereocenters. The van der Waals surface area contributed by atoms with Crippen molar-refractivity contribution in [2.24, 2.45) is 5.41 Å². The molecule has 2 fully saturated rings. The number of hydrogen-bond donors (Lipinski definition) is 0. The Morgan fingerprint density at radius 1 is 0.844 bits per heavy atom. The van der Waals surface area contributed by atoms with Gasteiger partial charge in [-0.1, -0.05) is 60.7 Å². The molecule has 7 nitrogen and oxygen atoms in total. The van der Waals surface area contributed by atoms with E-state index in [2.05, 4.69) is 4.98 Å². The number of rotatable bonds is 8. The highest BCUT2D eigenvalue weighted by atomic mass is 19.1. The van der Waals surface area contributed by atoms with Crippen molar-refractivity contribution in [2.45, 2.75) is 46.0 Å². The molecule has 3 heterocycles. The van der Waals surface area contributed by atoms with Crippen LogP contribution >= 0.6 is 0 Å². The van der Waals surface area contributed by atoms with E-state index in [0.29, 0.717) is 31.9 Å². The number of carbonyl (C=O) groups excluding carboxylic acids is 1. The fraction of sp³-hybridized carbons (Fsp3) is 0.333. The Balaban J connectivity index is 1.20. The summed E-state index contributed by atoms with van der Waals surface area (Å²) in [6.07, 6.45) is 0.492. The van der Waals surface area contributed by atoms with Crippen LogP contribution in [-0.2, 0) is 18.0 Å². The minimum atomic E-state index is -0.709. The summed E-state index contributed by atoms with van der Waals surface area (Å²) in [6, 6.07) is 25.1. The van der Waals surface area contributed by atoms with Crippen LogP contribution in [-0.4, -0.2) is 47.8 Å². The summed E-state index contributed by atoms with van der Waals surface area (Å²) >= 11 is 0. The molecule has 0 atom stereocenters. The number of amides is 1. The molecule has 6 rings (SSSR count). The quantitative estimate of drug-likeness (QED) is 0.204. The molecule has 9 heteroatoms. The molecule has 2 aliphatic rings. The summed E-state index contributed by atoms with van der Waals surface area (Å²) in [4.78, 5) is 20.6. The first-order chi connectivity index (χ1) is 21.6. The number of hydrogen-bond acceptors (Lipinski definition) is 6. The van der Waals surface area contributed by atoms with Crippen LogP contribution in [0.2, 0.25) is 0 Å². The summed E-state index contributed by atoms with van der Waals surface area (Å²) in [7, 11) is 0. The molecule has 0 saturated carbocycles. The number of ether oxygens (including phenoxy) is 3. The summed E-state index contributed by atoms with van der Waals surface area (Å²) in [5, 5.41) is 0. The fourth-order valence-corrected chi connectivity index (χ4v) is 5.89. The Kier molecular flexibility index (Phi) is 8.36. The van der Waals surface area contributed by atoms with Gasteiger partial charge in [0.05, 0.1) is 11.1 Å². The number of benzene rings is 3. The van der Waals surface area contributed by atoms with E-state index in [-0.39, 0.29) is 47.6 Å². The van der Waals surface area contributed by atoms with Crippen LogP contribution in [0, 0.1) is 17.0 Å². The van der Waals surface area contributed by atoms with Crippen molar-refractivity contribution in [3.8, 4) is 22.9 Å². The van der Waals surface area contributed by atoms with E-state index >= 15 is 8.78 Å². The minimum Gasteiger partial charge on any atom is -0.473 e. The Morgan fingerprint density at radius 3 is 2.04 bits per heavy atom. The first kappa shape index (κ1) is 30.4. The summed E-state index contributed by atoms with van der Waals surface area (Å²) in [5.74, 6) is -1.06. The van der Waals surface area contributed by atoms with Gasteiger partial charge >= 0.3 is 6.09 Å². The van der Waals surface area contributed by atoms with Crippen LogP contribution in [0.5, 0.6) is 11.8 Å². The summed E-state index contributed by atoms with van der Waals surface area (Å²) in [6.45, 7) is 8.34. The number of nitrogens with zero attached hydrogens (tertiary/aromatic N) is 3. The third-order valence-corrected chi connectivity index (χ3v) is 8.09. The van der Waals surface area contributed by atoms with Gasteiger partial charge in [-0.2, -0.15) is 4.98 Å². The summed E-state index contributed by atoms with van der Waals surface area (Å²) in [5.41, 5.74) is 1.63. The summed E-state index contributed by atoms with van der Waals surface area (Å²) < 4.78 is 49.1. The van der Waals surface area contributed by atoms with Gasteiger partial charge in [0.25, 0.3) is 0 Å². The van der Waals surface area contributed by atoms with Crippen LogP contribution in [0.15, 0.2) is 84.9 Å².